The Bertz CT molecular complexity index is 985. The number of hydrogen-bond acceptors (Lipinski definition) is 4. The van der Waals surface area contributed by atoms with Crippen LogP contribution in [0.2, 0.25) is 0 Å². The van der Waals surface area contributed by atoms with Crippen LogP contribution < -0.4 is 10.1 Å². The molecule has 1 N–H and O–H groups in total. The van der Waals surface area contributed by atoms with E-state index < -0.39 is 0 Å². The van der Waals surface area contributed by atoms with Crippen molar-refractivity contribution < 1.29 is 9.53 Å². The van der Waals surface area contributed by atoms with Gasteiger partial charge < -0.3 is 10.1 Å². The number of hydrogen-bond donors (Lipinski definition) is 1. The molecule has 134 valence electrons. The standard InChI is InChI=1S/C22H19N3O2/c1-27-20-9-5-2-6-16(20)14-21(26)23-17-12-10-15(11-13-17)22-24-18-7-3-4-8-19(18)25-22/h2-13,18H,14H2,1H3,(H,23,26). The fourth-order valence-corrected chi connectivity index (χ4v) is 3.09. The predicted molar refractivity (Wildman–Crippen MR) is 108 cm³/mol. The van der Waals surface area contributed by atoms with Crippen LogP contribution in [-0.4, -0.2) is 30.6 Å². The van der Waals surface area contributed by atoms with E-state index in [9.17, 15) is 4.79 Å². The lowest BCUT2D eigenvalue weighted by Gasteiger charge is -2.09. The van der Waals surface area contributed by atoms with Crippen LogP contribution in [0.4, 0.5) is 5.69 Å². The van der Waals surface area contributed by atoms with Crippen LogP contribution in [0.5, 0.6) is 5.75 Å². The van der Waals surface area contributed by atoms with Gasteiger partial charge in [-0.05, 0) is 36.4 Å². The molecule has 1 heterocycles. The lowest BCUT2D eigenvalue weighted by atomic mass is 10.1. The molecule has 0 saturated carbocycles. The largest absolute Gasteiger partial charge is 0.496 e. The Kier molecular flexibility index (Phi) is 4.66. The van der Waals surface area contributed by atoms with E-state index in [1.54, 1.807) is 7.11 Å². The van der Waals surface area contributed by atoms with Gasteiger partial charge >= 0.3 is 0 Å². The van der Waals surface area contributed by atoms with Gasteiger partial charge in [-0.3, -0.25) is 9.79 Å². The monoisotopic (exact) mass is 357 g/mol. The first kappa shape index (κ1) is 17.0. The minimum atomic E-state index is -0.0907. The average molecular weight is 357 g/mol. The van der Waals surface area contributed by atoms with Crippen LogP contribution in [0, 0.1) is 0 Å². The Balaban J connectivity index is 1.42. The second kappa shape index (κ2) is 7.41. The summed E-state index contributed by atoms with van der Waals surface area (Å²) in [6, 6.07) is 15.1. The number of para-hydroxylation sites is 1. The van der Waals surface area contributed by atoms with Crippen molar-refractivity contribution in [1.29, 1.82) is 0 Å². The number of ether oxygens (including phenoxy) is 1. The third-order valence-electron chi connectivity index (χ3n) is 4.44. The maximum absolute atomic E-state index is 12.3. The summed E-state index contributed by atoms with van der Waals surface area (Å²) in [4.78, 5) is 21.5. The van der Waals surface area contributed by atoms with Gasteiger partial charge in [0.2, 0.25) is 5.91 Å². The van der Waals surface area contributed by atoms with Gasteiger partial charge in [0.15, 0.2) is 5.84 Å². The maximum Gasteiger partial charge on any atom is 0.228 e. The third-order valence-corrected chi connectivity index (χ3v) is 4.44. The molecule has 2 aromatic carbocycles. The van der Waals surface area contributed by atoms with E-state index in [1.807, 2.05) is 72.8 Å². The molecule has 0 saturated heterocycles. The van der Waals surface area contributed by atoms with Crippen molar-refractivity contribution in [2.24, 2.45) is 9.98 Å². The fraction of sp³-hybridized carbons (Fsp3) is 0.136. The minimum absolute atomic E-state index is 0.0187. The first-order chi connectivity index (χ1) is 13.2. The van der Waals surface area contributed by atoms with Crippen molar-refractivity contribution in [2.45, 2.75) is 12.5 Å². The second-order valence-corrected chi connectivity index (χ2v) is 6.29. The zero-order valence-electron chi connectivity index (χ0n) is 14.9. The van der Waals surface area contributed by atoms with Crippen molar-refractivity contribution in [3.05, 3.63) is 84.0 Å². The molecular weight excluding hydrogens is 338 g/mol. The highest BCUT2D eigenvalue weighted by Crippen LogP contribution is 2.20. The van der Waals surface area contributed by atoms with E-state index in [1.165, 1.54) is 0 Å². The topological polar surface area (TPSA) is 63.0 Å². The Labute approximate surface area is 157 Å². The molecule has 0 radical (unpaired) electrons. The SMILES string of the molecule is COc1ccccc1CC(=O)Nc1ccc(C2=NC3C=CC=CC3=N2)cc1. The Morgan fingerprint density at radius 1 is 1.11 bits per heavy atom. The molecule has 5 nitrogen and oxygen atoms in total. The molecule has 27 heavy (non-hydrogen) atoms. The summed E-state index contributed by atoms with van der Waals surface area (Å²) in [5.41, 5.74) is 3.49. The molecule has 0 bridgehead atoms. The molecule has 0 fully saturated rings. The van der Waals surface area contributed by atoms with Gasteiger partial charge in [-0.25, -0.2) is 4.99 Å². The van der Waals surface area contributed by atoms with Gasteiger partial charge in [0.25, 0.3) is 0 Å². The maximum atomic E-state index is 12.3. The number of amidine groups is 1. The molecule has 1 amide bonds. The number of rotatable bonds is 5. The Morgan fingerprint density at radius 2 is 1.93 bits per heavy atom. The van der Waals surface area contributed by atoms with Crippen molar-refractivity contribution >= 4 is 23.1 Å². The van der Waals surface area contributed by atoms with Crippen LogP contribution in [0.1, 0.15) is 11.1 Å². The smallest absolute Gasteiger partial charge is 0.228 e. The van der Waals surface area contributed by atoms with Crippen LogP contribution in [-0.2, 0) is 11.2 Å². The van der Waals surface area contributed by atoms with Gasteiger partial charge in [-0.1, -0.05) is 36.4 Å². The van der Waals surface area contributed by atoms with Crippen LogP contribution in [0.3, 0.4) is 0 Å². The zero-order valence-corrected chi connectivity index (χ0v) is 14.9. The number of aliphatic imine (C=N–C) groups is 2. The van der Waals surface area contributed by atoms with E-state index in [0.717, 1.165) is 28.4 Å². The number of fused-ring (bicyclic) bond motifs is 1. The number of allylic oxidation sites excluding steroid dienone is 2. The molecular formula is C22H19N3O2. The molecule has 1 atom stereocenters. The minimum Gasteiger partial charge on any atom is -0.496 e. The summed E-state index contributed by atoms with van der Waals surface area (Å²) in [7, 11) is 1.60. The Morgan fingerprint density at radius 3 is 2.70 bits per heavy atom. The van der Waals surface area contributed by atoms with Gasteiger partial charge in [-0.15, -0.1) is 0 Å². The van der Waals surface area contributed by atoms with E-state index in [2.05, 4.69) is 15.3 Å². The van der Waals surface area contributed by atoms with Crippen molar-refractivity contribution in [3.63, 3.8) is 0 Å². The van der Waals surface area contributed by atoms with E-state index >= 15 is 0 Å². The molecule has 5 heteroatoms. The fourth-order valence-electron chi connectivity index (χ4n) is 3.09. The third kappa shape index (κ3) is 3.72. The number of nitrogens with one attached hydrogen (secondary N) is 1. The number of methoxy groups -OCH3 is 1. The predicted octanol–water partition coefficient (Wildman–Crippen LogP) is 3.57. The molecule has 0 aromatic heterocycles. The summed E-state index contributed by atoms with van der Waals surface area (Å²) in [5.74, 6) is 1.34. The number of carbonyl (C=O) groups is 1. The van der Waals surface area contributed by atoms with Crippen LogP contribution >= 0.6 is 0 Å². The van der Waals surface area contributed by atoms with Crippen molar-refractivity contribution in [3.8, 4) is 5.75 Å². The van der Waals surface area contributed by atoms with Gasteiger partial charge in [0.1, 0.15) is 11.8 Å². The number of carbonyl (C=O) groups excluding carboxylic acids is 1. The molecule has 2 aliphatic rings. The second-order valence-electron chi connectivity index (χ2n) is 6.29. The van der Waals surface area contributed by atoms with Crippen molar-refractivity contribution in [1.82, 2.24) is 0 Å². The molecule has 1 aliphatic heterocycles. The number of anilines is 1. The molecule has 0 spiro atoms. The summed E-state index contributed by atoms with van der Waals surface area (Å²) in [5, 5.41) is 2.92. The lowest BCUT2D eigenvalue weighted by Crippen LogP contribution is -2.15. The van der Waals surface area contributed by atoms with E-state index in [-0.39, 0.29) is 18.4 Å². The van der Waals surface area contributed by atoms with Crippen LogP contribution in [0.15, 0.2) is 82.8 Å². The van der Waals surface area contributed by atoms with Gasteiger partial charge in [0, 0.05) is 16.8 Å². The summed E-state index contributed by atoms with van der Waals surface area (Å²) < 4.78 is 5.29. The summed E-state index contributed by atoms with van der Waals surface area (Å²) in [6.07, 6.45) is 8.21. The highest BCUT2D eigenvalue weighted by molar-refractivity contribution is 6.17. The first-order valence-corrected chi connectivity index (χ1v) is 8.76. The summed E-state index contributed by atoms with van der Waals surface area (Å²) >= 11 is 0. The number of nitrogens with zero attached hydrogens (tertiary/aromatic N) is 2. The highest BCUT2D eigenvalue weighted by Gasteiger charge is 2.20. The van der Waals surface area contributed by atoms with E-state index in [4.69, 9.17) is 4.74 Å². The van der Waals surface area contributed by atoms with Crippen molar-refractivity contribution in [2.75, 3.05) is 12.4 Å². The van der Waals surface area contributed by atoms with Gasteiger partial charge in [-0.2, -0.15) is 0 Å². The average Bonchev–Trinajstić information content (AvgIpc) is 3.13. The number of amides is 1. The first-order valence-electron chi connectivity index (χ1n) is 8.76. The van der Waals surface area contributed by atoms with Gasteiger partial charge in [0.05, 0.1) is 19.2 Å². The molecule has 1 aliphatic carbocycles. The normalized spacial score (nSPS) is 17.1. The quantitative estimate of drug-likeness (QED) is 0.889. The number of benzene rings is 2. The molecule has 1 unspecified atom stereocenters. The van der Waals surface area contributed by atoms with Crippen LogP contribution in [0.25, 0.3) is 0 Å². The molecule has 4 rings (SSSR count). The summed E-state index contributed by atoms with van der Waals surface area (Å²) in [6.45, 7) is 0. The Hall–Kier alpha value is -3.47. The highest BCUT2D eigenvalue weighted by atomic mass is 16.5. The van der Waals surface area contributed by atoms with E-state index in [0.29, 0.717) is 5.75 Å². The zero-order chi connectivity index (χ0) is 18.6. The molecule has 2 aromatic rings. The lowest BCUT2D eigenvalue weighted by molar-refractivity contribution is -0.115.